The molecule has 1 saturated heterocycles. The van der Waals surface area contributed by atoms with Gasteiger partial charge in [0.15, 0.2) is 0 Å². The van der Waals surface area contributed by atoms with Crippen LogP contribution in [0, 0.1) is 0 Å². The number of halogens is 3. The summed E-state index contributed by atoms with van der Waals surface area (Å²) >= 11 is 6.13. The highest BCUT2D eigenvalue weighted by molar-refractivity contribution is 8.19. The van der Waals surface area contributed by atoms with Crippen LogP contribution in [0.4, 0.5) is 18.0 Å². The highest BCUT2D eigenvalue weighted by Crippen LogP contribution is 2.32. The Bertz CT molecular complexity index is 1130. The first-order valence-corrected chi connectivity index (χ1v) is 9.39. The highest BCUT2D eigenvalue weighted by Gasteiger charge is 2.32. The van der Waals surface area contributed by atoms with E-state index in [2.05, 4.69) is 10.4 Å². The van der Waals surface area contributed by atoms with E-state index in [0.717, 1.165) is 28.8 Å². The predicted molar refractivity (Wildman–Crippen MR) is 107 cm³/mol. The lowest BCUT2D eigenvalue weighted by Gasteiger charge is -2.12. The van der Waals surface area contributed by atoms with Gasteiger partial charge in [0.1, 0.15) is 4.99 Å². The maximum Gasteiger partial charge on any atom is 0.416 e. The number of carbonyl (C=O) groups is 1. The Hall–Kier alpha value is -2.65. The molecule has 142 valence electrons. The number of benzene rings is 2. The van der Waals surface area contributed by atoms with E-state index in [1.54, 1.807) is 24.4 Å². The van der Waals surface area contributed by atoms with Gasteiger partial charge in [-0.3, -0.25) is 9.48 Å². The minimum absolute atomic E-state index is 0.0130. The van der Waals surface area contributed by atoms with Gasteiger partial charge in [0.2, 0.25) is 0 Å². The lowest BCUT2D eigenvalue weighted by Crippen LogP contribution is -2.15. The Kier molecular flexibility index (Phi) is 4.72. The van der Waals surface area contributed by atoms with E-state index in [4.69, 9.17) is 12.2 Å². The quantitative estimate of drug-likeness (QED) is 0.467. The molecule has 28 heavy (non-hydrogen) atoms. The summed E-state index contributed by atoms with van der Waals surface area (Å²) in [5.74, 6) is 0. The molecule has 2 heterocycles. The van der Waals surface area contributed by atoms with Crippen LogP contribution in [0.15, 0.2) is 53.6 Å². The smallest absolute Gasteiger partial charge is 0.307 e. The zero-order chi connectivity index (χ0) is 19.9. The molecule has 0 bridgehead atoms. The van der Waals surface area contributed by atoms with Gasteiger partial charge in [-0.05, 0) is 47.2 Å². The second-order valence-corrected chi connectivity index (χ2v) is 7.58. The molecule has 4 rings (SSSR count). The molecule has 1 fully saturated rings. The fraction of sp³-hybridized carbons (Fsp3) is 0.105. The average molecular weight is 419 g/mol. The number of thiocarbonyl (C=S) groups is 1. The molecule has 4 nitrogen and oxygen atoms in total. The van der Waals surface area contributed by atoms with E-state index in [1.165, 1.54) is 16.8 Å². The summed E-state index contributed by atoms with van der Waals surface area (Å²) in [6, 6.07) is 10.9. The van der Waals surface area contributed by atoms with Crippen molar-refractivity contribution in [1.29, 1.82) is 0 Å². The number of hydrogen-bond acceptors (Lipinski definition) is 4. The number of aromatic nitrogens is 2. The van der Waals surface area contributed by atoms with Gasteiger partial charge in [0.25, 0.3) is 5.24 Å². The van der Waals surface area contributed by atoms with Gasteiger partial charge in [0, 0.05) is 11.6 Å². The minimum atomic E-state index is -4.41. The van der Waals surface area contributed by atoms with Crippen LogP contribution in [0.3, 0.4) is 0 Å². The molecule has 1 N–H and O–H groups in total. The Labute approximate surface area is 167 Å². The zero-order valence-corrected chi connectivity index (χ0v) is 15.8. The summed E-state index contributed by atoms with van der Waals surface area (Å²) < 4.78 is 41.0. The molecule has 0 aliphatic carbocycles. The fourth-order valence-electron chi connectivity index (χ4n) is 2.95. The summed E-state index contributed by atoms with van der Waals surface area (Å²) in [4.78, 5) is 12.4. The predicted octanol–water partition coefficient (Wildman–Crippen LogP) is 5.23. The molecule has 0 atom stereocenters. The molecule has 0 spiro atoms. The van der Waals surface area contributed by atoms with Gasteiger partial charge >= 0.3 is 6.18 Å². The second kappa shape index (κ2) is 7.06. The van der Waals surface area contributed by atoms with Crippen LogP contribution in [0.25, 0.3) is 17.0 Å². The van der Waals surface area contributed by atoms with Crippen molar-refractivity contribution in [1.82, 2.24) is 15.1 Å². The first-order valence-electron chi connectivity index (χ1n) is 8.17. The number of hydrogen-bond donors (Lipinski definition) is 1. The largest absolute Gasteiger partial charge is 0.416 e. The third-order valence-electron chi connectivity index (χ3n) is 4.17. The van der Waals surface area contributed by atoms with Crippen LogP contribution in [-0.2, 0) is 12.7 Å². The van der Waals surface area contributed by atoms with Gasteiger partial charge in [-0.25, -0.2) is 0 Å². The number of thioether (sulfide) groups is 1. The zero-order valence-electron chi connectivity index (χ0n) is 14.2. The number of nitrogens with zero attached hydrogens (tertiary/aromatic N) is 2. The third-order valence-corrected chi connectivity index (χ3v) is 5.45. The fourth-order valence-corrected chi connectivity index (χ4v) is 3.98. The summed E-state index contributed by atoms with van der Waals surface area (Å²) in [5.41, 5.74) is 0.984. The molecule has 0 radical (unpaired) electrons. The van der Waals surface area contributed by atoms with E-state index in [-0.39, 0.29) is 17.3 Å². The van der Waals surface area contributed by atoms with Crippen molar-refractivity contribution in [2.24, 2.45) is 0 Å². The maximum absolute atomic E-state index is 13.2. The van der Waals surface area contributed by atoms with E-state index >= 15 is 0 Å². The van der Waals surface area contributed by atoms with Crippen molar-refractivity contribution in [2.75, 3.05) is 0 Å². The Morgan fingerprint density at radius 2 is 2.00 bits per heavy atom. The highest BCUT2D eigenvalue weighted by atomic mass is 32.2. The number of nitrogens with one attached hydrogen (secondary N) is 1. The van der Waals surface area contributed by atoms with Crippen molar-refractivity contribution in [3.05, 3.63) is 70.3 Å². The minimum Gasteiger partial charge on any atom is -0.307 e. The second-order valence-electron chi connectivity index (χ2n) is 6.15. The van der Waals surface area contributed by atoms with Crippen LogP contribution in [-0.4, -0.2) is 20.0 Å². The standard InChI is InChI=1S/C19H12F3N3OS2/c20-19(21,22)14-4-2-1-3-12(14)9-25-10-13-7-11(5-6-15(13)24-25)8-16-17(27)23-18(26)28-16/h1-8,10H,9H2,(H,23,26,27)/b16-8-. The van der Waals surface area contributed by atoms with E-state index in [9.17, 15) is 18.0 Å². The van der Waals surface area contributed by atoms with Crippen molar-refractivity contribution in [2.45, 2.75) is 12.7 Å². The number of alkyl halides is 3. The van der Waals surface area contributed by atoms with Gasteiger partial charge < -0.3 is 5.32 Å². The molecule has 3 aromatic rings. The number of rotatable bonds is 3. The number of amides is 1. The molecule has 2 aromatic carbocycles. The Balaban J connectivity index is 1.64. The van der Waals surface area contributed by atoms with Gasteiger partial charge in [0.05, 0.1) is 22.5 Å². The monoisotopic (exact) mass is 419 g/mol. The van der Waals surface area contributed by atoms with Crippen molar-refractivity contribution in [3.8, 4) is 0 Å². The van der Waals surface area contributed by atoms with Gasteiger partial charge in [-0.15, -0.1) is 0 Å². The molecule has 0 unspecified atom stereocenters. The van der Waals surface area contributed by atoms with Crippen LogP contribution < -0.4 is 5.32 Å². The number of carbonyl (C=O) groups excluding carboxylic acids is 1. The first kappa shape index (κ1) is 18.7. The van der Waals surface area contributed by atoms with Gasteiger partial charge in [-0.2, -0.15) is 18.3 Å². The molecule has 1 aliphatic heterocycles. The summed E-state index contributed by atoms with van der Waals surface area (Å²) in [7, 11) is 0. The van der Waals surface area contributed by atoms with Crippen LogP contribution in [0.1, 0.15) is 16.7 Å². The van der Waals surface area contributed by atoms with Crippen molar-refractivity contribution in [3.63, 3.8) is 0 Å². The normalized spacial score (nSPS) is 16.2. The average Bonchev–Trinajstić information content (AvgIpc) is 3.16. The van der Waals surface area contributed by atoms with E-state index in [0.29, 0.717) is 15.4 Å². The molecule has 1 aliphatic rings. The molecule has 0 saturated carbocycles. The SMILES string of the molecule is O=C1NC(=S)/C(=C/c2ccc3nn(Cc4ccccc4C(F)(F)F)cc3c2)S1. The van der Waals surface area contributed by atoms with Crippen LogP contribution in [0.5, 0.6) is 0 Å². The maximum atomic E-state index is 13.2. The first-order chi connectivity index (χ1) is 13.3. The van der Waals surface area contributed by atoms with E-state index in [1.807, 2.05) is 12.1 Å². The topological polar surface area (TPSA) is 46.9 Å². The van der Waals surface area contributed by atoms with Gasteiger partial charge in [-0.1, -0.05) is 36.5 Å². The molecule has 9 heteroatoms. The lowest BCUT2D eigenvalue weighted by molar-refractivity contribution is -0.138. The third kappa shape index (κ3) is 3.81. The molecule has 1 aromatic heterocycles. The number of fused-ring (bicyclic) bond motifs is 1. The summed E-state index contributed by atoms with van der Waals surface area (Å²) in [6.45, 7) is 0.0130. The van der Waals surface area contributed by atoms with Crippen molar-refractivity contribution >= 4 is 51.2 Å². The molecular weight excluding hydrogens is 407 g/mol. The van der Waals surface area contributed by atoms with E-state index < -0.39 is 11.7 Å². The summed E-state index contributed by atoms with van der Waals surface area (Å²) in [5, 5.41) is 7.48. The molecular formula is C19H12F3N3OS2. The van der Waals surface area contributed by atoms with Crippen molar-refractivity contribution < 1.29 is 18.0 Å². The Morgan fingerprint density at radius 3 is 2.71 bits per heavy atom. The van der Waals surface area contributed by atoms with Crippen LogP contribution in [0.2, 0.25) is 0 Å². The van der Waals surface area contributed by atoms with Crippen LogP contribution >= 0.6 is 24.0 Å². The lowest BCUT2D eigenvalue weighted by atomic mass is 10.1. The Morgan fingerprint density at radius 1 is 1.21 bits per heavy atom. The molecule has 1 amide bonds. The summed E-state index contributed by atoms with van der Waals surface area (Å²) in [6.07, 6.45) is -0.917.